The van der Waals surface area contributed by atoms with Crippen molar-refractivity contribution in [1.29, 1.82) is 0 Å². The summed E-state index contributed by atoms with van der Waals surface area (Å²) in [6.45, 7) is 7.36. The molecule has 8 nitrogen and oxygen atoms in total. The Morgan fingerprint density at radius 2 is 1.81 bits per heavy atom. The molecule has 32 heavy (non-hydrogen) atoms. The average molecular weight is 452 g/mol. The number of benzene rings is 2. The normalized spacial score (nSPS) is 11.6. The first-order chi connectivity index (χ1) is 15.3. The molecule has 0 saturated carbocycles. The first-order valence-corrected chi connectivity index (χ1v) is 11.1. The number of para-hydroxylation sites is 1. The minimum atomic E-state index is -0.512. The van der Waals surface area contributed by atoms with Gasteiger partial charge in [-0.1, -0.05) is 49.0 Å². The first kappa shape index (κ1) is 23.2. The summed E-state index contributed by atoms with van der Waals surface area (Å²) in [6.07, 6.45) is 0.313. The van der Waals surface area contributed by atoms with Gasteiger partial charge in [-0.25, -0.2) is 0 Å². The maximum Gasteiger partial charge on any atom is 0.278 e. The van der Waals surface area contributed by atoms with Crippen LogP contribution in [0.2, 0.25) is 0 Å². The molecule has 1 atom stereocenters. The summed E-state index contributed by atoms with van der Waals surface area (Å²) in [6, 6.07) is 12.7. The highest BCUT2D eigenvalue weighted by molar-refractivity contribution is 8.00. The number of hydrogen-bond acceptors (Lipinski definition) is 6. The Hall–Kier alpha value is -3.46. The van der Waals surface area contributed by atoms with Gasteiger partial charge in [-0.05, 0) is 44.0 Å². The van der Waals surface area contributed by atoms with E-state index in [2.05, 4.69) is 25.8 Å². The van der Waals surface area contributed by atoms with E-state index in [9.17, 15) is 14.4 Å². The SMILES string of the molecule is CCC(=O)Nc1ccccc1-c1nnc(S[C@H](C)C(=O)Nc2cc(C)ccc2C)[nH]c1=O. The molecule has 9 heteroatoms. The topological polar surface area (TPSA) is 117 Å². The van der Waals surface area contributed by atoms with Crippen molar-refractivity contribution in [1.82, 2.24) is 15.2 Å². The van der Waals surface area contributed by atoms with E-state index >= 15 is 0 Å². The van der Waals surface area contributed by atoms with Crippen LogP contribution in [0.5, 0.6) is 0 Å². The van der Waals surface area contributed by atoms with Crippen LogP contribution >= 0.6 is 11.8 Å². The number of nitrogens with zero attached hydrogens (tertiary/aromatic N) is 2. The highest BCUT2D eigenvalue weighted by Gasteiger charge is 2.19. The summed E-state index contributed by atoms with van der Waals surface area (Å²) in [7, 11) is 0. The largest absolute Gasteiger partial charge is 0.325 e. The molecule has 2 amide bonds. The number of carbonyl (C=O) groups is 2. The fourth-order valence-corrected chi connectivity index (χ4v) is 3.65. The second kappa shape index (κ2) is 10.2. The number of amides is 2. The number of thioether (sulfide) groups is 1. The number of aromatic nitrogens is 3. The van der Waals surface area contributed by atoms with E-state index in [4.69, 9.17) is 0 Å². The Kier molecular flexibility index (Phi) is 7.42. The van der Waals surface area contributed by atoms with Crippen LogP contribution in [0.3, 0.4) is 0 Å². The van der Waals surface area contributed by atoms with Gasteiger partial charge in [0.05, 0.1) is 10.9 Å². The van der Waals surface area contributed by atoms with Crippen LogP contribution in [0.25, 0.3) is 11.3 Å². The lowest BCUT2D eigenvalue weighted by molar-refractivity contribution is -0.116. The molecular formula is C23H25N5O3S. The van der Waals surface area contributed by atoms with E-state index in [1.807, 2.05) is 32.0 Å². The molecular weight excluding hydrogens is 426 g/mol. The second-order valence-corrected chi connectivity index (χ2v) is 8.65. The van der Waals surface area contributed by atoms with Crippen LogP contribution in [0.1, 0.15) is 31.4 Å². The van der Waals surface area contributed by atoms with Gasteiger partial charge in [0.2, 0.25) is 11.8 Å². The van der Waals surface area contributed by atoms with Gasteiger partial charge in [-0.15, -0.1) is 10.2 Å². The van der Waals surface area contributed by atoms with E-state index in [-0.39, 0.29) is 22.7 Å². The molecule has 1 aromatic heterocycles. The summed E-state index contributed by atoms with van der Waals surface area (Å²) in [5, 5.41) is 13.5. The molecule has 0 unspecified atom stereocenters. The molecule has 0 spiro atoms. The van der Waals surface area contributed by atoms with Crippen LogP contribution in [-0.2, 0) is 9.59 Å². The highest BCUT2D eigenvalue weighted by atomic mass is 32.2. The molecule has 1 heterocycles. The number of anilines is 2. The van der Waals surface area contributed by atoms with Crippen molar-refractivity contribution in [2.75, 3.05) is 10.6 Å². The Morgan fingerprint density at radius 1 is 1.06 bits per heavy atom. The van der Waals surface area contributed by atoms with E-state index in [1.165, 1.54) is 0 Å². The zero-order chi connectivity index (χ0) is 23.3. The summed E-state index contributed by atoms with van der Waals surface area (Å²) >= 11 is 1.11. The van der Waals surface area contributed by atoms with E-state index in [0.717, 1.165) is 28.6 Å². The lowest BCUT2D eigenvalue weighted by atomic mass is 10.1. The number of aryl methyl sites for hydroxylation is 2. The standard InChI is InChI=1S/C23H25N5O3S/c1-5-19(29)24-17-9-7-6-8-16(17)20-22(31)26-23(28-27-20)32-15(4)21(30)25-18-12-13(2)10-11-14(18)3/h6-12,15H,5H2,1-4H3,(H,24,29)(H,25,30)(H,26,28,31)/t15-/m1/s1. The summed E-state index contributed by atoms with van der Waals surface area (Å²) < 4.78 is 0. The van der Waals surface area contributed by atoms with Crippen LogP contribution in [0.4, 0.5) is 11.4 Å². The van der Waals surface area contributed by atoms with Gasteiger partial charge in [0.15, 0.2) is 10.9 Å². The third-order valence-electron chi connectivity index (χ3n) is 4.76. The minimum absolute atomic E-state index is 0.0915. The van der Waals surface area contributed by atoms with Crippen molar-refractivity contribution in [3.05, 3.63) is 63.9 Å². The zero-order valence-corrected chi connectivity index (χ0v) is 19.2. The predicted molar refractivity (Wildman–Crippen MR) is 127 cm³/mol. The van der Waals surface area contributed by atoms with Crippen molar-refractivity contribution in [3.63, 3.8) is 0 Å². The lowest BCUT2D eigenvalue weighted by Crippen LogP contribution is -2.24. The van der Waals surface area contributed by atoms with Gasteiger partial charge in [0, 0.05) is 17.7 Å². The molecule has 166 valence electrons. The molecule has 3 aromatic rings. The number of carbonyl (C=O) groups excluding carboxylic acids is 2. The summed E-state index contributed by atoms with van der Waals surface area (Å²) in [5.41, 5.74) is 3.36. The zero-order valence-electron chi connectivity index (χ0n) is 18.4. The Bertz CT molecular complexity index is 1210. The van der Waals surface area contributed by atoms with Crippen molar-refractivity contribution in [3.8, 4) is 11.3 Å². The lowest BCUT2D eigenvalue weighted by Gasteiger charge is -2.13. The van der Waals surface area contributed by atoms with Crippen LogP contribution in [0, 0.1) is 13.8 Å². The van der Waals surface area contributed by atoms with Crippen molar-refractivity contribution in [2.45, 2.75) is 44.5 Å². The second-order valence-electron chi connectivity index (χ2n) is 7.32. The third-order valence-corrected chi connectivity index (χ3v) is 5.74. The number of hydrogen-bond donors (Lipinski definition) is 3. The van der Waals surface area contributed by atoms with Gasteiger partial charge in [-0.2, -0.15) is 0 Å². The number of H-pyrrole nitrogens is 1. The number of rotatable bonds is 7. The first-order valence-electron chi connectivity index (χ1n) is 10.2. The van der Waals surface area contributed by atoms with E-state index in [0.29, 0.717) is 17.7 Å². The van der Waals surface area contributed by atoms with Crippen molar-refractivity contribution in [2.24, 2.45) is 0 Å². The molecule has 2 aromatic carbocycles. The smallest absolute Gasteiger partial charge is 0.278 e. The fraction of sp³-hybridized carbons (Fsp3) is 0.261. The Morgan fingerprint density at radius 3 is 2.53 bits per heavy atom. The minimum Gasteiger partial charge on any atom is -0.325 e. The summed E-state index contributed by atoms with van der Waals surface area (Å²) in [4.78, 5) is 39.8. The molecule has 0 bridgehead atoms. The molecule has 0 radical (unpaired) electrons. The van der Waals surface area contributed by atoms with E-state index in [1.54, 1.807) is 38.1 Å². The molecule has 0 fully saturated rings. The Labute approximate surface area is 190 Å². The summed E-state index contributed by atoms with van der Waals surface area (Å²) in [5.74, 6) is -0.374. The molecule has 0 aliphatic carbocycles. The average Bonchev–Trinajstić information content (AvgIpc) is 2.77. The molecule has 3 N–H and O–H groups in total. The van der Waals surface area contributed by atoms with Crippen LogP contribution in [0.15, 0.2) is 52.4 Å². The maximum atomic E-state index is 12.7. The van der Waals surface area contributed by atoms with Gasteiger partial charge >= 0.3 is 0 Å². The van der Waals surface area contributed by atoms with Crippen LogP contribution < -0.4 is 16.2 Å². The van der Waals surface area contributed by atoms with Gasteiger partial charge in [0.25, 0.3) is 5.56 Å². The van der Waals surface area contributed by atoms with Gasteiger partial charge in [-0.3, -0.25) is 19.4 Å². The molecule has 0 aliphatic heterocycles. The predicted octanol–water partition coefficient (Wildman–Crippen LogP) is 3.92. The number of nitrogens with one attached hydrogen (secondary N) is 3. The molecule has 0 aliphatic rings. The van der Waals surface area contributed by atoms with Crippen molar-refractivity contribution < 1.29 is 9.59 Å². The maximum absolute atomic E-state index is 12.7. The number of aromatic amines is 1. The third kappa shape index (κ3) is 5.61. The quantitative estimate of drug-likeness (QED) is 0.469. The molecule has 3 rings (SSSR count). The van der Waals surface area contributed by atoms with Gasteiger partial charge < -0.3 is 10.6 Å². The highest BCUT2D eigenvalue weighted by Crippen LogP contribution is 2.25. The van der Waals surface area contributed by atoms with Crippen molar-refractivity contribution >= 4 is 35.0 Å². The van der Waals surface area contributed by atoms with Gasteiger partial charge in [0.1, 0.15) is 0 Å². The van der Waals surface area contributed by atoms with Crippen LogP contribution in [-0.4, -0.2) is 32.2 Å². The van der Waals surface area contributed by atoms with E-state index < -0.39 is 10.8 Å². The monoisotopic (exact) mass is 451 g/mol. The molecule has 0 saturated heterocycles. The fourth-order valence-electron chi connectivity index (χ4n) is 2.91. The Balaban J connectivity index is 1.76.